The van der Waals surface area contributed by atoms with E-state index >= 15 is 0 Å². The fraction of sp³-hybridized carbons (Fsp3) is 0.912. The first kappa shape index (κ1) is 40.5. The number of cyclic esters (lactones) is 1. The fourth-order valence-corrected chi connectivity index (χ4v) is 10.4. The number of carbonyl (C=O) groups is 3. The van der Waals surface area contributed by atoms with Crippen LogP contribution in [-0.2, 0) is 42.8 Å². The van der Waals surface area contributed by atoms with Crippen molar-refractivity contribution in [1.82, 2.24) is 4.90 Å². The molecule has 3 aliphatic rings. The van der Waals surface area contributed by atoms with Crippen LogP contribution in [0.25, 0.3) is 0 Å². The highest BCUT2D eigenvalue weighted by atomic mass is 33.1. The highest BCUT2D eigenvalue weighted by Gasteiger charge is 2.61. The molecule has 15 atom stereocenters. The SMILES string of the molecule is CC[C@H]1OC(=O)[C@H](C)[C@@H](O)[C@H](C)[C@@H](OC2O[C@H](C)C[C@H](N(C)C)[C@H]2OC)[C@](C)(OC)C[C@@H](C)C(=O)[C@H](C)C2C(SSC)C(=O)O[C@@]21C. The van der Waals surface area contributed by atoms with E-state index in [0.29, 0.717) is 6.42 Å². The molecule has 0 radical (unpaired) electrons. The van der Waals surface area contributed by atoms with Crippen LogP contribution in [0.3, 0.4) is 0 Å². The maximum Gasteiger partial charge on any atom is 0.321 e. The Hall–Kier alpha value is -0.930. The Kier molecular flexibility index (Phi) is 14.1. The maximum atomic E-state index is 14.4. The third-order valence-electron chi connectivity index (χ3n) is 11.0. The molecule has 1 N–H and O–H groups in total. The number of ether oxygens (including phenoxy) is 6. The Morgan fingerprint density at radius 1 is 1.02 bits per heavy atom. The first-order valence-corrected chi connectivity index (χ1v) is 19.4. The summed E-state index contributed by atoms with van der Waals surface area (Å²) in [5.74, 6) is -4.43. The van der Waals surface area contributed by atoms with Crippen molar-refractivity contribution in [3.8, 4) is 0 Å². The minimum absolute atomic E-state index is 0.000250. The van der Waals surface area contributed by atoms with Crippen LogP contribution in [0.4, 0.5) is 0 Å². The molecule has 3 saturated heterocycles. The zero-order chi connectivity index (χ0) is 35.6. The third-order valence-corrected chi connectivity index (χ3v) is 13.1. The lowest BCUT2D eigenvalue weighted by molar-refractivity contribution is -0.305. The predicted octanol–water partition coefficient (Wildman–Crippen LogP) is 4.37. The van der Waals surface area contributed by atoms with E-state index in [0.717, 1.165) is 6.42 Å². The summed E-state index contributed by atoms with van der Waals surface area (Å²) in [6, 6.07) is 0.000250. The van der Waals surface area contributed by atoms with E-state index in [9.17, 15) is 19.5 Å². The van der Waals surface area contributed by atoms with E-state index in [1.165, 1.54) is 21.6 Å². The lowest BCUT2D eigenvalue weighted by Gasteiger charge is -2.48. The van der Waals surface area contributed by atoms with E-state index in [-0.39, 0.29) is 24.3 Å². The van der Waals surface area contributed by atoms with E-state index in [2.05, 4.69) is 4.90 Å². The van der Waals surface area contributed by atoms with Gasteiger partial charge >= 0.3 is 11.9 Å². The summed E-state index contributed by atoms with van der Waals surface area (Å²) in [6.07, 6.45) is -1.04. The lowest BCUT2D eigenvalue weighted by Crippen LogP contribution is -2.60. The third kappa shape index (κ3) is 8.18. The Bertz CT molecular complexity index is 1100. The minimum Gasteiger partial charge on any atom is -0.458 e. The summed E-state index contributed by atoms with van der Waals surface area (Å²) in [5.41, 5.74) is -2.35. The van der Waals surface area contributed by atoms with Crippen molar-refractivity contribution in [2.45, 2.75) is 134 Å². The first-order valence-electron chi connectivity index (χ1n) is 16.8. The number of fused-ring (bicyclic) bond motifs is 1. The predicted molar refractivity (Wildman–Crippen MR) is 183 cm³/mol. The van der Waals surface area contributed by atoms with Crippen LogP contribution in [0.5, 0.6) is 0 Å². The molecule has 0 amide bonds. The average molecular weight is 706 g/mol. The van der Waals surface area contributed by atoms with Gasteiger partial charge in [-0.3, -0.25) is 14.4 Å². The van der Waals surface area contributed by atoms with Crippen LogP contribution in [-0.4, -0.2) is 122 Å². The van der Waals surface area contributed by atoms with Gasteiger partial charge in [-0.05, 0) is 67.3 Å². The summed E-state index contributed by atoms with van der Waals surface area (Å²) >= 11 is 0. The molecule has 13 heteroatoms. The molecule has 0 aliphatic carbocycles. The quantitative estimate of drug-likeness (QED) is 0.284. The molecular formula is C34H59NO10S2. The zero-order valence-electron chi connectivity index (χ0n) is 30.5. The molecule has 3 heterocycles. The number of carbonyl (C=O) groups excluding carboxylic acids is 3. The van der Waals surface area contributed by atoms with Gasteiger partial charge in [0.05, 0.1) is 29.8 Å². The van der Waals surface area contributed by atoms with Crippen LogP contribution in [0.15, 0.2) is 0 Å². The maximum absolute atomic E-state index is 14.4. The summed E-state index contributed by atoms with van der Waals surface area (Å²) in [7, 11) is 9.95. The number of hydrogen-bond acceptors (Lipinski definition) is 13. The number of likely N-dealkylation sites (N-methyl/N-ethyl adjacent to an activating group) is 1. The average Bonchev–Trinajstić information content (AvgIpc) is 3.28. The fourth-order valence-electron chi connectivity index (χ4n) is 8.18. The lowest BCUT2D eigenvalue weighted by atomic mass is 9.70. The van der Waals surface area contributed by atoms with Gasteiger partial charge in [-0.2, -0.15) is 0 Å². The van der Waals surface area contributed by atoms with Gasteiger partial charge in [0.1, 0.15) is 23.2 Å². The molecule has 11 nitrogen and oxygen atoms in total. The van der Waals surface area contributed by atoms with Crippen molar-refractivity contribution >= 4 is 39.3 Å². The molecule has 3 aliphatic heterocycles. The van der Waals surface area contributed by atoms with Gasteiger partial charge < -0.3 is 38.4 Å². The van der Waals surface area contributed by atoms with Crippen LogP contribution in [0.1, 0.15) is 74.7 Å². The number of esters is 2. The van der Waals surface area contributed by atoms with Gasteiger partial charge in [0, 0.05) is 43.9 Å². The first-order chi connectivity index (χ1) is 21.9. The highest BCUT2D eigenvalue weighted by molar-refractivity contribution is 8.76. The summed E-state index contributed by atoms with van der Waals surface area (Å²) in [4.78, 5) is 43.6. The van der Waals surface area contributed by atoms with Crippen molar-refractivity contribution in [2.24, 2.45) is 29.6 Å². The molecule has 0 aromatic carbocycles. The van der Waals surface area contributed by atoms with Gasteiger partial charge in [-0.15, -0.1) is 0 Å². The molecule has 0 saturated carbocycles. The van der Waals surface area contributed by atoms with E-state index < -0.39 is 88.7 Å². The standard InChI is InChI=1S/C34H59NO10S2/c1-14-23-34(8)24(28(47-46-13)31(39)45-34)19(4)25(36)17(2)16-33(7,41-12)29(20(5)26(37)21(6)30(38)43-23)44-32-27(40-11)22(35(9)10)15-18(3)42-32/h17-24,26-29,32,37H,14-16H2,1-13H3/t17-,18-,19-,20+,21-,22+,23-,24?,26+,27-,28?,29-,32?,33-,34-/m1/s1. The molecule has 3 fully saturated rings. The smallest absolute Gasteiger partial charge is 0.321 e. The molecule has 47 heavy (non-hydrogen) atoms. The molecule has 0 aromatic rings. The summed E-state index contributed by atoms with van der Waals surface area (Å²) < 4.78 is 37.5. The molecule has 3 unspecified atom stereocenters. The van der Waals surface area contributed by atoms with Crippen molar-refractivity contribution < 1.29 is 47.9 Å². The van der Waals surface area contributed by atoms with Gasteiger partial charge in [-0.25, -0.2) is 0 Å². The Morgan fingerprint density at radius 3 is 2.19 bits per heavy atom. The van der Waals surface area contributed by atoms with E-state index in [1.807, 2.05) is 61.9 Å². The van der Waals surface area contributed by atoms with Crippen LogP contribution < -0.4 is 0 Å². The molecule has 0 aromatic heterocycles. The second-order valence-electron chi connectivity index (χ2n) is 14.4. The van der Waals surface area contributed by atoms with Gasteiger partial charge in [0.15, 0.2) is 11.9 Å². The van der Waals surface area contributed by atoms with Crippen molar-refractivity contribution in [3.05, 3.63) is 0 Å². The number of aliphatic hydroxyl groups excluding tert-OH is 1. The largest absolute Gasteiger partial charge is 0.458 e. The zero-order valence-corrected chi connectivity index (χ0v) is 32.1. The van der Waals surface area contributed by atoms with Gasteiger partial charge in [0.2, 0.25) is 0 Å². The Morgan fingerprint density at radius 2 is 1.66 bits per heavy atom. The molecule has 3 rings (SSSR count). The summed E-state index contributed by atoms with van der Waals surface area (Å²) in [5, 5.41) is 11.2. The molecule has 272 valence electrons. The van der Waals surface area contributed by atoms with Crippen LogP contribution in [0.2, 0.25) is 0 Å². The Balaban J connectivity index is 2.14. The normalized spacial score (nSPS) is 45.7. The number of Topliss-reactive ketones (excluding diaryl/α,β-unsaturated/α-hetero) is 1. The van der Waals surface area contributed by atoms with Gasteiger partial charge in [0.25, 0.3) is 0 Å². The summed E-state index contributed by atoms with van der Waals surface area (Å²) in [6.45, 7) is 14.6. The number of rotatable bonds is 8. The second kappa shape index (κ2) is 16.4. The molecule has 0 bridgehead atoms. The van der Waals surface area contributed by atoms with Crippen LogP contribution >= 0.6 is 21.6 Å². The second-order valence-corrected chi connectivity index (χ2v) is 17.0. The van der Waals surface area contributed by atoms with Crippen molar-refractivity contribution in [3.63, 3.8) is 0 Å². The van der Waals surface area contributed by atoms with E-state index in [4.69, 9.17) is 28.4 Å². The Labute approximate surface area is 289 Å². The number of hydrogen-bond donors (Lipinski definition) is 1. The van der Waals surface area contributed by atoms with Gasteiger partial charge in [-0.1, -0.05) is 49.3 Å². The number of methoxy groups -OCH3 is 2. The monoisotopic (exact) mass is 705 g/mol. The topological polar surface area (TPSA) is 130 Å². The number of aliphatic hydroxyl groups is 1. The van der Waals surface area contributed by atoms with Crippen molar-refractivity contribution in [1.29, 1.82) is 0 Å². The molecular weight excluding hydrogens is 647 g/mol. The highest BCUT2D eigenvalue weighted by Crippen LogP contribution is 2.50. The van der Waals surface area contributed by atoms with Crippen LogP contribution in [0, 0.1) is 29.6 Å². The number of nitrogens with zero attached hydrogens (tertiary/aromatic N) is 1. The minimum atomic E-state index is -1.24. The van der Waals surface area contributed by atoms with Crippen molar-refractivity contribution in [2.75, 3.05) is 34.6 Å². The van der Waals surface area contributed by atoms with E-state index in [1.54, 1.807) is 28.1 Å². The molecule has 0 spiro atoms. The number of ketones is 1.